The molecule has 1 aliphatic heterocycles. The number of carbonyl (C=O) groups excluding carboxylic acids is 1. The van der Waals surface area contributed by atoms with Crippen molar-refractivity contribution in [2.75, 3.05) is 50.2 Å². The lowest BCUT2D eigenvalue weighted by Crippen LogP contribution is -2.28. The van der Waals surface area contributed by atoms with Crippen molar-refractivity contribution < 1.29 is 17.9 Å². The fourth-order valence-electron chi connectivity index (χ4n) is 2.28. The molecule has 2 rings (SSSR count). The number of esters is 1. The van der Waals surface area contributed by atoms with Crippen LogP contribution in [-0.4, -0.2) is 53.9 Å². The molecule has 0 aromatic carbocycles. The number of ether oxygens (including phenoxy) is 1. The molecule has 1 aliphatic rings. The summed E-state index contributed by atoms with van der Waals surface area (Å²) in [5.74, 6) is -0.610. The summed E-state index contributed by atoms with van der Waals surface area (Å²) in [5, 5.41) is 3.78. The lowest BCUT2D eigenvalue weighted by molar-refractivity contribution is 0.0607. The van der Waals surface area contributed by atoms with Crippen LogP contribution in [0.5, 0.6) is 0 Å². The van der Waals surface area contributed by atoms with E-state index >= 15 is 0 Å². The van der Waals surface area contributed by atoms with Crippen LogP contribution in [0.1, 0.15) is 16.1 Å². The molecule has 0 atom stereocenters. The van der Waals surface area contributed by atoms with Gasteiger partial charge in [0.05, 0.1) is 12.8 Å². The highest BCUT2D eigenvalue weighted by Gasteiger charge is 2.30. The Labute approximate surface area is 128 Å². The molecule has 1 fully saturated rings. The van der Waals surface area contributed by atoms with Crippen molar-refractivity contribution in [3.05, 3.63) is 4.88 Å². The van der Waals surface area contributed by atoms with Gasteiger partial charge in [0.2, 0.25) is 0 Å². The Balaban J connectivity index is 2.55. The third-order valence-corrected chi connectivity index (χ3v) is 5.78. The van der Waals surface area contributed by atoms with Crippen molar-refractivity contribution in [1.82, 2.24) is 5.32 Å². The number of nitrogens with one attached hydrogen (secondary N) is 1. The van der Waals surface area contributed by atoms with Crippen LogP contribution in [0.25, 0.3) is 0 Å². The summed E-state index contributed by atoms with van der Waals surface area (Å²) >= 11 is 1.08. The van der Waals surface area contributed by atoms with Gasteiger partial charge in [-0.1, -0.05) is 0 Å². The molecule has 118 valence electrons. The van der Waals surface area contributed by atoms with Gasteiger partial charge in [-0.3, -0.25) is 0 Å². The highest BCUT2D eigenvalue weighted by atomic mass is 32.2. The van der Waals surface area contributed by atoms with Gasteiger partial charge in [0.1, 0.15) is 14.8 Å². The Morgan fingerprint density at radius 1 is 1.38 bits per heavy atom. The Morgan fingerprint density at radius 2 is 2.10 bits per heavy atom. The van der Waals surface area contributed by atoms with Gasteiger partial charge < -0.3 is 20.7 Å². The lowest BCUT2D eigenvalue weighted by atomic mass is 10.3. The fourth-order valence-corrected chi connectivity index (χ4v) is 4.95. The normalized spacial score (nSPS) is 16.6. The Bertz CT molecular complexity index is 631. The van der Waals surface area contributed by atoms with Crippen LogP contribution >= 0.6 is 11.3 Å². The van der Waals surface area contributed by atoms with Crippen molar-refractivity contribution in [2.45, 2.75) is 11.3 Å². The topological polar surface area (TPSA) is 102 Å². The van der Waals surface area contributed by atoms with Gasteiger partial charge in [0.25, 0.3) is 0 Å². The second-order valence-electron chi connectivity index (χ2n) is 4.83. The molecule has 0 bridgehead atoms. The van der Waals surface area contributed by atoms with E-state index in [-0.39, 0.29) is 15.5 Å². The van der Waals surface area contributed by atoms with Crippen LogP contribution < -0.4 is 16.0 Å². The molecule has 0 saturated carbocycles. The van der Waals surface area contributed by atoms with Crippen molar-refractivity contribution in [3.8, 4) is 0 Å². The molecule has 1 saturated heterocycles. The summed E-state index contributed by atoms with van der Waals surface area (Å²) in [6.45, 7) is 3.03. The van der Waals surface area contributed by atoms with Crippen LogP contribution in [0.3, 0.4) is 0 Å². The number of thiophene rings is 1. The average molecular weight is 333 g/mol. The summed E-state index contributed by atoms with van der Waals surface area (Å²) in [6, 6.07) is 0. The fraction of sp³-hybridized carbons (Fsp3) is 0.583. The van der Waals surface area contributed by atoms with E-state index in [0.717, 1.165) is 43.6 Å². The first-order chi connectivity index (χ1) is 9.86. The number of hydrogen-bond acceptors (Lipinski definition) is 8. The molecule has 21 heavy (non-hydrogen) atoms. The Kier molecular flexibility index (Phi) is 4.74. The van der Waals surface area contributed by atoms with Gasteiger partial charge in [-0.15, -0.1) is 11.3 Å². The Hall–Kier alpha value is -1.32. The molecule has 0 unspecified atom stereocenters. The zero-order chi connectivity index (χ0) is 15.6. The monoisotopic (exact) mass is 333 g/mol. The van der Waals surface area contributed by atoms with Crippen molar-refractivity contribution in [3.63, 3.8) is 0 Å². The van der Waals surface area contributed by atoms with Gasteiger partial charge in [-0.05, 0) is 13.0 Å². The quantitative estimate of drug-likeness (QED) is 0.768. The summed E-state index contributed by atoms with van der Waals surface area (Å²) in [5.41, 5.74) is 5.89. The van der Waals surface area contributed by atoms with Crippen molar-refractivity contribution >= 4 is 37.8 Å². The van der Waals surface area contributed by atoms with Gasteiger partial charge in [-0.25, -0.2) is 13.2 Å². The van der Waals surface area contributed by atoms with Crippen LogP contribution in [0.4, 0.5) is 10.7 Å². The van der Waals surface area contributed by atoms with E-state index in [2.05, 4.69) is 10.1 Å². The van der Waals surface area contributed by atoms with E-state index in [1.54, 1.807) is 0 Å². The number of carbonyl (C=O) groups is 1. The molecule has 1 aromatic heterocycles. The molecule has 7 nitrogen and oxygen atoms in total. The van der Waals surface area contributed by atoms with Crippen molar-refractivity contribution in [1.29, 1.82) is 0 Å². The number of nitrogens with two attached hydrogens (primary N) is 1. The number of methoxy groups -OCH3 is 1. The average Bonchev–Trinajstić information content (AvgIpc) is 2.62. The molecule has 0 amide bonds. The van der Waals surface area contributed by atoms with E-state index in [9.17, 15) is 13.2 Å². The predicted octanol–water partition coefficient (Wildman–Crippen LogP) is 0.320. The number of sulfone groups is 1. The predicted molar refractivity (Wildman–Crippen MR) is 82.9 cm³/mol. The summed E-state index contributed by atoms with van der Waals surface area (Å²) in [4.78, 5) is 13.9. The maximum Gasteiger partial charge on any atom is 0.350 e. The maximum absolute atomic E-state index is 12.1. The van der Waals surface area contributed by atoms with E-state index in [0.29, 0.717) is 11.5 Å². The molecule has 0 aliphatic carbocycles. The number of hydrogen-bond donors (Lipinski definition) is 2. The highest BCUT2D eigenvalue weighted by molar-refractivity contribution is 7.91. The first kappa shape index (κ1) is 16.1. The molecular weight excluding hydrogens is 314 g/mol. The van der Waals surface area contributed by atoms with E-state index in [1.165, 1.54) is 7.11 Å². The third-order valence-electron chi connectivity index (χ3n) is 3.25. The first-order valence-electron chi connectivity index (χ1n) is 6.52. The number of nitrogens with zero attached hydrogens (tertiary/aromatic N) is 1. The molecule has 0 spiro atoms. The highest BCUT2D eigenvalue weighted by Crippen LogP contribution is 2.41. The van der Waals surface area contributed by atoms with E-state index < -0.39 is 15.8 Å². The van der Waals surface area contributed by atoms with Crippen LogP contribution in [0, 0.1) is 0 Å². The van der Waals surface area contributed by atoms with Crippen LogP contribution in [0.15, 0.2) is 4.90 Å². The molecule has 9 heteroatoms. The second kappa shape index (κ2) is 6.20. The molecular formula is C12H19N3O4S2. The molecule has 3 N–H and O–H groups in total. The van der Waals surface area contributed by atoms with Gasteiger partial charge in [0, 0.05) is 25.9 Å². The summed E-state index contributed by atoms with van der Waals surface area (Å²) in [6.07, 6.45) is 2.00. The minimum absolute atomic E-state index is 0.0124. The standard InChI is InChI=1S/C12H19N3O4S2/c1-19-12(16)9-8(13)10(21(2,17)18)11(20-9)15-6-3-4-14-5-7-15/h14H,3-7,13H2,1-2H3. The lowest BCUT2D eigenvalue weighted by Gasteiger charge is -2.21. The van der Waals surface area contributed by atoms with Crippen LogP contribution in [-0.2, 0) is 14.6 Å². The number of nitrogen functional groups attached to an aromatic ring is 1. The second-order valence-corrected chi connectivity index (χ2v) is 7.79. The van der Waals surface area contributed by atoms with Gasteiger partial charge >= 0.3 is 5.97 Å². The molecule has 1 aromatic rings. The van der Waals surface area contributed by atoms with Gasteiger partial charge in [-0.2, -0.15) is 0 Å². The maximum atomic E-state index is 12.1. The molecule has 0 radical (unpaired) electrons. The minimum Gasteiger partial charge on any atom is -0.465 e. The number of anilines is 2. The zero-order valence-corrected chi connectivity index (χ0v) is 13.6. The largest absolute Gasteiger partial charge is 0.465 e. The number of rotatable bonds is 3. The Morgan fingerprint density at radius 3 is 2.71 bits per heavy atom. The zero-order valence-electron chi connectivity index (χ0n) is 12.0. The van der Waals surface area contributed by atoms with E-state index in [1.807, 2.05) is 4.90 Å². The minimum atomic E-state index is -3.53. The van der Waals surface area contributed by atoms with Crippen molar-refractivity contribution in [2.24, 2.45) is 0 Å². The van der Waals surface area contributed by atoms with Gasteiger partial charge in [0.15, 0.2) is 9.84 Å². The van der Waals surface area contributed by atoms with Crippen LogP contribution in [0.2, 0.25) is 0 Å². The van der Waals surface area contributed by atoms with E-state index in [4.69, 9.17) is 5.73 Å². The summed E-state index contributed by atoms with van der Waals surface area (Å²) in [7, 11) is -2.28. The third kappa shape index (κ3) is 3.30. The molecule has 2 heterocycles. The first-order valence-corrected chi connectivity index (χ1v) is 9.23. The smallest absolute Gasteiger partial charge is 0.350 e. The SMILES string of the molecule is COC(=O)c1sc(N2CCCNCC2)c(S(C)(=O)=O)c1N. The summed E-state index contributed by atoms with van der Waals surface area (Å²) < 4.78 is 28.8.